The average Bonchev–Trinajstić information content (AvgIpc) is 2.64. The van der Waals surface area contributed by atoms with Gasteiger partial charge in [0.2, 0.25) is 0 Å². The van der Waals surface area contributed by atoms with Gasteiger partial charge in [-0.1, -0.05) is 31.2 Å². The number of carboxylic acid groups (broad SMARTS) is 2. The molecule has 5 heteroatoms. The van der Waals surface area contributed by atoms with Crippen molar-refractivity contribution in [2.45, 2.75) is 25.4 Å². The van der Waals surface area contributed by atoms with Crippen LogP contribution in [0, 0.1) is 0 Å². The van der Waals surface area contributed by atoms with Crippen molar-refractivity contribution in [1.82, 2.24) is 4.90 Å². The van der Waals surface area contributed by atoms with Crippen LogP contribution >= 0.6 is 0 Å². The van der Waals surface area contributed by atoms with Gasteiger partial charge in [0.1, 0.15) is 0 Å². The molecule has 1 amide bonds. The molecule has 2 rings (SSSR count). The second kappa shape index (κ2) is 3.76. The Morgan fingerprint density at radius 1 is 1.35 bits per heavy atom. The molecule has 2 N–H and O–H groups in total. The zero-order chi connectivity index (χ0) is 12.6. The number of carbonyl (C=O) groups is 2. The van der Waals surface area contributed by atoms with Crippen LogP contribution in [0.2, 0.25) is 0 Å². The number of carboxylic acids is 1. The summed E-state index contributed by atoms with van der Waals surface area (Å²) in [6, 6.07) is 6.98. The fraction of sp³-hybridized carbons (Fsp3) is 0.333. The summed E-state index contributed by atoms with van der Waals surface area (Å²) in [5.41, 5.74) is -0.0980. The van der Waals surface area contributed by atoms with Crippen LogP contribution in [0.5, 0.6) is 0 Å². The van der Waals surface area contributed by atoms with Crippen molar-refractivity contribution < 1.29 is 19.8 Å². The van der Waals surface area contributed by atoms with Crippen LogP contribution in [0.1, 0.15) is 24.5 Å². The van der Waals surface area contributed by atoms with Crippen LogP contribution in [0.4, 0.5) is 4.79 Å². The number of benzene rings is 1. The summed E-state index contributed by atoms with van der Waals surface area (Å²) in [7, 11) is 0. The van der Waals surface area contributed by atoms with E-state index in [-0.39, 0.29) is 13.0 Å². The quantitative estimate of drug-likeness (QED) is 0.820. The van der Waals surface area contributed by atoms with Crippen molar-refractivity contribution in [2.75, 3.05) is 0 Å². The predicted octanol–water partition coefficient (Wildman–Crippen LogP) is 1.87. The third-order valence-electron chi connectivity index (χ3n) is 3.35. The Bertz CT molecular complexity index is 485. The average molecular weight is 235 g/mol. The summed E-state index contributed by atoms with van der Waals surface area (Å²) >= 11 is 0. The number of hydrogen-bond donors (Lipinski definition) is 2. The van der Waals surface area contributed by atoms with E-state index in [9.17, 15) is 14.7 Å². The van der Waals surface area contributed by atoms with Crippen molar-refractivity contribution in [3.05, 3.63) is 35.4 Å². The lowest BCUT2D eigenvalue weighted by Gasteiger charge is -2.32. The summed E-state index contributed by atoms with van der Waals surface area (Å²) in [5, 5.41) is 18.6. The Hall–Kier alpha value is -2.04. The van der Waals surface area contributed by atoms with Gasteiger partial charge in [-0.25, -0.2) is 9.59 Å². The first-order valence-corrected chi connectivity index (χ1v) is 5.36. The number of fused-ring (bicyclic) bond motifs is 1. The highest BCUT2D eigenvalue weighted by Crippen LogP contribution is 2.41. The van der Waals surface area contributed by atoms with Crippen LogP contribution in [0.25, 0.3) is 0 Å². The van der Waals surface area contributed by atoms with Gasteiger partial charge in [0, 0.05) is 0 Å². The predicted molar refractivity (Wildman–Crippen MR) is 59.6 cm³/mol. The lowest BCUT2D eigenvalue weighted by atomic mass is 9.87. The molecule has 1 atom stereocenters. The molecule has 0 fully saturated rings. The van der Waals surface area contributed by atoms with Gasteiger partial charge in [-0.3, -0.25) is 4.90 Å². The van der Waals surface area contributed by atoms with Gasteiger partial charge < -0.3 is 10.2 Å². The van der Waals surface area contributed by atoms with Crippen molar-refractivity contribution >= 4 is 12.1 Å². The Morgan fingerprint density at radius 2 is 2.00 bits per heavy atom. The molecule has 0 aliphatic carbocycles. The van der Waals surface area contributed by atoms with Crippen LogP contribution < -0.4 is 0 Å². The molecule has 0 saturated carbocycles. The van der Waals surface area contributed by atoms with Gasteiger partial charge >= 0.3 is 12.1 Å². The number of hydrogen-bond acceptors (Lipinski definition) is 2. The second-order valence-electron chi connectivity index (χ2n) is 4.04. The maximum atomic E-state index is 11.5. The van der Waals surface area contributed by atoms with E-state index in [1.807, 2.05) is 0 Å². The zero-order valence-corrected chi connectivity index (χ0v) is 9.38. The van der Waals surface area contributed by atoms with E-state index in [1.165, 1.54) is 0 Å². The van der Waals surface area contributed by atoms with Gasteiger partial charge in [-0.2, -0.15) is 0 Å². The van der Waals surface area contributed by atoms with Gasteiger partial charge in [-0.15, -0.1) is 0 Å². The van der Waals surface area contributed by atoms with Crippen molar-refractivity contribution in [3.63, 3.8) is 0 Å². The van der Waals surface area contributed by atoms with E-state index in [1.54, 1.807) is 31.2 Å². The maximum absolute atomic E-state index is 11.5. The molecule has 1 aromatic carbocycles. The molecule has 0 bridgehead atoms. The van der Waals surface area contributed by atoms with Gasteiger partial charge in [0.15, 0.2) is 5.54 Å². The summed E-state index contributed by atoms with van der Waals surface area (Å²) < 4.78 is 0. The monoisotopic (exact) mass is 235 g/mol. The fourth-order valence-electron chi connectivity index (χ4n) is 2.51. The van der Waals surface area contributed by atoms with E-state index in [4.69, 9.17) is 5.11 Å². The maximum Gasteiger partial charge on any atom is 0.408 e. The number of amides is 1. The van der Waals surface area contributed by atoms with Crippen molar-refractivity contribution in [1.29, 1.82) is 0 Å². The molecule has 1 aliphatic rings. The minimum absolute atomic E-state index is 0.131. The SMILES string of the molecule is CCC1(C(=O)O)c2ccccc2CN1C(=O)O. The van der Waals surface area contributed by atoms with Crippen LogP contribution in [0.3, 0.4) is 0 Å². The third kappa shape index (κ3) is 1.39. The Balaban J connectivity index is 2.65. The third-order valence-corrected chi connectivity index (χ3v) is 3.35. The highest BCUT2D eigenvalue weighted by atomic mass is 16.4. The standard InChI is InChI=1S/C12H13NO4/c1-2-12(10(14)15)9-6-4-3-5-8(9)7-13(12)11(16)17/h3-6H,2,7H2,1H3,(H,14,15)(H,16,17). The van der Waals surface area contributed by atoms with Gasteiger partial charge in [0.05, 0.1) is 6.54 Å². The summed E-state index contributed by atoms with van der Waals surface area (Å²) in [6.07, 6.45) is -0.989. The first-order valence-electron chi connectivity index (χ1n) is 5.36. The molecular formula is C12H13NO4. The van der Waals surface area contributed by atoms with E-state index >= 15 is 0 Å². The van der Waals surface area contributed by atoms with Crippen LogP contribution in [0.15, 0.2) is 24.3 Å². The lowest BCUT2D eigenvalue weighted by molar-refractivity contribution is -0.150. The number of nitrogens with zero attached hydrogens (tertiary/aromatic N) is 1. The zero-order valence-electron chi connectivity index (χ0n) is 9.38. The largest absolute Gasteiger partial charge is 0.479 e. The number of aliphatic carboxylic acids is 1. The number of rotatable bonds is 2. The molecular weight excluding hydrogens is 222 g/mol. The molecule has 17 heavy (non-hydrogen) atoms. The first-order chi connectivity index (χ1) is 8.04. The highest BCUT2D eigenvalue weighted by Gasteiger charge is 2.52. The minimum Gasteiger partial charge on any atom is -0.479 e. The van der Waals surface area contributed by atoms with Crippen LogP contribution in [-0.2, 0) is 16.9 Å². The van der Waals surface area contributed by atoms with E-state index in [2.05, 4.69) is 0 Å². The smallest absolute Gasteiger partial charge is 0.408 e. The minimum atomic E-state index is -1.44. The van der Waals surface area contributed by atoms with Crippen molar-refractivity contribution in [2.24, 2.45) is 0 Å². The molecule has 0 saturated heterocycles. The van der Waals surface area contributed by atoms with Gasteiger partial charge in [-0.05, 0) is 17.5 Å². The Labute approximate surface area is 98.3 Å². The molecule has 5 nitrogen and oxygen atoms in total. The topological polar surface area (TPSA) is 77.8 Å². The second-order valence-corrected chi connectivity index (χ2v) is 4.04. The molecule has 0 spiro atoms. The summed E-state index contributed by atoms with van der Waals surface area (Å²) in [4.78, 5) is 23.7. The van der Waals surface area contributed by atoms with Crippen LogP contribution in [-0.4, -0.2) is 27.2 Å². The lowest BCUT2D eigenvalue weighted by Crippen LogP contribution is -2.49. The van der Waals surface area contributed by atoms with Crippen molar-refractivity contribution in [3.8, 4) is 0 Å². The molecule has 1 heterocycles. The highest BCUT2D eigenvalue weighted by molar-refractivity contribution is 5.87. The molecule has 1 unspecified atom stereocenters. The Morgan fingerprint density at radius 3 is 2.53 bits per heavy atom. The molecule has 0 radical (unpaired) electrons. The molecule has 1 aliphatic heterocycles. The summed E-state index contributed by atoms with van der Waals surface area (Å²) in [6.45, 7) is 1.82. The first kappa shape index (κ1) is 11.4. The normalized spacial score (nSPS) is 22.3. The molecule has 0 aromatic heterocycles. The van der Waals surface area contributed by atoms with Gasteiger partial charge in [0.25, 0.3) is 0 Å². The fourth-order valence-corrected chi connectivity index (χ4v) is 2.51. The van der Waals surface area contributed by atoms with E-state index < -0.39 is 17.6 Å². The molecule has 1 aromatic rings. The molecule has 90 valence electrons. The Kier molecular flexibility index (Phi) is 2.53. The van der Waals surface area contributed by atoms with E-state index in [0.717, 1.165) is 10.5 Å². The van der Waals surface area contributed by atoms with E-state index in [0.29, 0.717) is 5.56 Å². The summed E-state index contributed by atoms with van der Waals surface area (Å²) in [5.74, 6) is -1.12.